The molecule has 59 heavy (non-hydrogen) atoms. The van der Waals surface area contributed by atoms with Crippen LogP contribution in [0.5, 0.6) is 5.75 Å². The van der Waals surface area contributed by atoms with Gasteiger partial charge in [0.2, 0.25) is 0 Å². The number of aliphatic hydroxyl groups is 6. The number of carbonyl (C=O) groups is 1. The number of phenols is 1. The molecule has 1 fully saturated rings. The van der Waals surface area contributed by atoms with Gasteiger partial charge in [-0.2, -0.15) is 0 Å². The second-order valence-corrected chi connectivity index (χ2v) is 17.2. The van der Waals surface area contributed by atoms with Crippen LogP contribution in [0.25, 0.3) is 0 Å². The molecule has 0 amide bonds. The predicted octanol–water partition coefficient (Wildman–Crippen LogP) is 4.92. The van der Waals surface area contributed by atoms with Crippen LogP contribution < -0.4 is 10.6 Å². The quantitative estimate of drug-likeness (QED) is 0.0863. The monoisotopic (exact) mass is 819 g/mol. The van der Waals surface area contributed by atoms with Crippen molar-refractivity contribution in [2.24, 2.45) is 11.8 Å². The lowest BCUT2D eigenvalue weighted by atomic mass is 9.79. The summed E-state index contributed by atoms with van der Waals surface area (Å²) in [7, 11) is 0. The molecule has 10 N–H and O–H groups in total. The summed E-state index contributed by atoms with van der Waals surface area (Å²) >= 11 is 0. The van der Waals surface area contributed by atoms with Crippen molar-refractivity contribution in [3.63, 3.8) is 0 Å². The van der Waals surface area contributed by atoms with Gasteiger partial charge in [0.25, 0.3) is 0 Å². The molecule has 326 valence electrons. The summed E-state index contributed by atoms with van der Waals surface area (Å²) in [5, 5.41) is 93.3. The first-order valence-electron chi connectivity index (χ1n) is 21.7. The number of hydrogen-bond donors (Lipinski definition) is 10. The number of carboxylic acid groups (broad SMARTS) is 1. The Morgan fingerprint density at radius 1 is 1.00 bits per heavy atom. The van der Waals surface area contributed by atoms with E-state index < -0.39 is 48.6 Å². The molecule has 4 rings (SSSR count). The fourth-order valence-corrected chi connectivity index (χ4v) is 8.84. The Labute approximate surface area is 351 Å². The normalized spacial score (nSPS) is 25.6. The second-order valence-electron chi connectivity index (χ2n) is 17.2. The van der Waals surface area contributed by atoms with E-state index in [1.165, 1.54) is 0 Å². The smallest absolute Gasteiger partial charge is 0.303 e. The van der Waals surface area contributed by atoms with Crippen LogP contribution in [0.15, 0.2) is 71.8 Å². The van der Waals surface area contributed by atoms with Crippen LogP contribution in [-0.2, 0) is 17.6 Å². The van der Waals surface area contributed by atoms with Gasteiger partial charge < -0.3 is 51.5 Å². The van der Waals surface area contributed by atoms with E-state index in [4.69, 9.17) is 0 Å². The highest BCUT2D eigenvalue weighted by Crippen LogP contribution is 2.33. The largest absolute Gasteiger partial charge is 0.508 e. The molecule has 11 heteroatoms. The van der Waals surface area contributed by atoms with Gasteiger partial charge >= 0.3 is 5.97 Å². The van der Waals surface area contributed by atoms with Gasteiger partial charge in [-0.3, -0.25) is 4.79 Å². The molecule has 0 aromatic heterocycles. The zero-order valence-corrected chi connectivity index (χ0v) is 35.3. The van der Waals surface area contributed by atoms with E-state index in [0.717, 1.165) is 53.5 Å². The number of phenolic OH excluding ortho intramolecular Hbond substituents is 1. The van der Waals surface area contributed by atoms with Crippen LogP contribution in [0.2, 0.25) is 0 Å². The molecular weight excluding hydrogens is 749 g/mol. The number of hydrogen-bond acceptors (Lipinski definition) is 10. The minimum atomic E-state index is -1.36. The molecule has 0 unspecified atom stereocenters. The van der Waals surface area contributed by atoms with E-state index in [0.29, 0.717) is 38.5 Å². The van der Waals surface area contributed by atoms with Crippen molar-refractivity contribution >= 4 is 5.97 Å². The third kappa shape index (κ3) is 15.1. The Morgan fingerprint density at radius 2 is 1.75 bits per heavy atom. The summed E-state index contributed by atoms with van der Waals surface area (Å²) in [5.41, 5.74) is 2.96. The summed E-state index contributed by atoms with van der Waals surface area (Å²) in [6, 6.07) is 13.5. The molecule has 0 aliphatic carbocycles. The van der Waals surface area contributed by atoms with Crippen molar-refractivity contribution < 1.29 is 45.6 Å². The minimum Gasteiger partial charge on any atom is -0.508 e. The molecule has 10 atom stereocenters. The molecule has 2 heterocycles. The highest BCUT2D eigenvalue weighted by atomic mass is 16.4. The van der Waals surface area contributed by atoms with Crippen molar-refractivity contribution in [1.29, 1.82) is 0 Å². The lowest BCUT2D eigenvalue weighted by Gasteiger charge is -2.38. The number of nitrogens with one attached hydrogen (secondary N) is 2. The molecule has 2 aliphatic heterocycles. The number of aromatic hydroxyl groups is 1. The molecular formula is C48H70N2O9. The molecule has 0 bridgehead atoms. The molecule has 1 saturated heterocycles. The summed E-state index contributed by atoms with van der Waals surface area (Å²) in [6.07, 6.45) is 7.25. The average Bonchev–Trinajstić information content (AvgIpc) is 3.35. The topological polar surface area (TPSA) is 203 Å². The Bertz CT molecular complexity index is 1710. The van der Waals surface area contributed by atoms with Crippen LogP contribution in [0.1, 0.15) is 115 Å². The first-order chi connectivity index (χ1) is 28.2. The molecule has 0 saturated carbocycles. The highest BCUT2D eigenvalue weighted by Gasteiger charge is 2.37. The summed E-state index contributed by atoms with van der Waals surface area (Å²) in [6.45, 7) is 5.31. The van der Waals surface area contributed by atoms with E-state index >= 15 is 0 Å². The Kier molecular flexibility index (Phi) is 19.6. The Hall–Kier alpha value is -3.57. The predicted molar refractivity (Wildman–Crippen MR) is 231 cm³/mol. The van der Waals surface area contributed by atoms with Crippen molar-refractivity contribution in [3.8, 4) is 17.6 Å². The molecule has 0 spiro atoms. The van der Waals surface area contributed by atoms with Gasteiger partial charge in [0.05, 0.1) is 30.5 Å². The number of benzene rings is 2. The number of carboxylic acids is 1. The summed E-state index contributed by atoms with van der Waals surface area (Å²) in [5.74, 6) is 5.50. The number of aliphatic hydroxyl groups excluding tert-OH is 5. The van der Waals surface area contributed by atoms with Crippen molar-refractivity contribution in [1.82, 2.24) is 10.6 Å². The van der Waals surface area contributed by atoms with Gasteiger partial charge in [0.1, 0.15) is 5.75 Å². The third-order valence-corrected chi connectivity index (χ3v) is 12.3. The summed E-state index contributed by atoms with van der Waals surface area (Å²) < 4.78 is 0. The fourth-order valence-electron chi connectivity index (χ4n) is 8.84. The van der Waals surface area contributed by atoms with Crippen LogP contribution in [0.4, 0.5) is 0 Å². The van der Waals surface area contributed by atoms with Gasteiger partial charge in [-0.1, -0.05) is 80.5 Å². The summed E-state index contributed by atoms with van der Waals surface area (Å²) in [4.78, 5) is 12.1. The van der Waals surface area contributed by atoms with E-state index in [-0.39, 0.29) is 62.0 Å². The lowest BCUT2D eigenvalue weighted by molar-refractivity contribution is -0.139. The van der Waals surface area contributed by atoms with Gasteiger partial charge in [-0.25, -0.2) is 0 Å². The zero-order valence-electron chi connectivity index (χ0n) is 35.3. The van der Waals surface area contributed by atoms with Crippen molar-refractivity contribution in [3.05, 3.63) is 88.5 Å². The fraction of sp³-hybridized carbons (Fsp3) is 0.604. The van der Waals surface area contributed by atoms with Gasteiger partial charge in [-0.15, -0.1) is 0 Å². The number of fused-ring (bicyclic) bond motifs is 1. The maximum Gasteiger partial charge on any atom is 0.303 e. The Balaban J connectivity index is 1.85. The van der Waals surface area contributed by atoms with E-state index in [1.807, 2.05) is 37.3 Å². The average molecular weight is 819 g/mol. The van der Waals surface area contributed by atoms with Gasteiger partial charge in [0.15, 0.2) is 0 Å². The number of allylic oxidation sites excluding steroid dienone is 2. The van der Waals surface area contributed by atoms with E-state index in [1.54, 1.807) is 37.3 Å². The zero-order chi connectivity index (χ0) is 43.0. The standard InChI is InChI=1S/C48H70N2O9/c1-4-5-15-44(55)45(56)26-23-36-22-21-35-11-7-6-10-34(35)12-8-16-46(48(3,59)29-33-18-24-38(53)25-19-33)50-43(40(36)27-39(54)31-52)14-9-13-42-41(28-47(57)58)37(30-51)20-17-32(2)49-42/h6-7,10-11,18-19,23-26,32,37,39,41-46,49-56,59H,4-5,9,13-17,20-22,27-31H2,1-3H3,(H,57,58)/t32-,37-,39-,41-,42-,43-,44-,45+,46+,48-/m0/s1. The van der Waals surface area contributed by atoms with Crippen LogP contribution in [0.3, 0.4) is 0 Å². The highest BCUT2D eigenvalue weighted by molar-refractivity contribution is 5.67. The van der Waals surface area contributed by atoms with E-state index in [2.05, 4.69) is 29.4 Å². The van der Waals surface area contributed by atoms with Crippen LogP contribution in [-0.4, -0.2) is 108 Å². The number of aliphatic carboxylic acids is 1. The Morgan fingerprint density at radius 3 is 2.44 bits per heavy atom. The van der Waals surface area contributed by atoms with Gasteiger partial charge in [0, 0.05) is 55.6 Å². The second kappa shape index (κ2) is 24.0. The molecule has 2 aromatic rings. The lowest BCUT2D eigenvalue weighted by Crippen LogP contribution is -2.54. The van der Waals surface area contributed by atoms with Crippen LogP contribution in [0, 0.1) is 23.7 Å². The molecule has 2 aliphatic rings. The SMILES string of the molecule is CCCC[C@H](O)[C@H](O)C=CC1=C(C[C@H](O)CO)[C@H](CCC[C@@H]2N[C@@H](C)CC[C@@H](CO)[C@@H]2CC(=O)O)N[C@@H]([C@@](C)(O)Cc2ccc(O)cc2)CC#Cc2ccccc2CC1. The number of rotatable bonds is 19. The first-order valence-corrected chi connectivity index (χ1v) is 21.7. The van der Waals surface area contributed by atoms with Crippen molar-refractivity contribution in [2.45, 2.75) is 159 Å². The van der Waals surface area contributed by atoms with Gasteiger partial charge in [-0.05, 0) is 118 Å². The molecule has 0 radical (unpaired) electrons. The number of unbranched alkanes of at least 4 members (excludes halogenated alkanes) is 1. The maximum atomic E-state index is 12.4. The van der Waals surface area contributed by atoms with E-state index in [9.17, 15) is 45.6 Å². The van der Waals surface area contributed by atoms with Crippen LogP contribution >= 0.6 is 0 Å². The molecule has 2 aromatic carbocycles. The minimum absolute atomic E-state index is 0.0607. The maximum absolute atomic E-state index is 12.4. The third-order valence-electron chi connectivity index (χ3n) is 12.3. The first kappa shape index (κ1) is 48.1. The molecule has 11 nitrogen and oxygen atoms in total. The number of aryl methyl sites for hydroxylation is 1. The van der Waals surface area contributed by atoms with Crippen molar-refractivity contribution in [2.75, 3.05) is 13.2 Å².